The normalized spacial score (nSPS) is 10.2. The van der Waals surface area contributed by atoms with Crippen LogP contribution in [0.1, 0.15) is 6.92 Å². The maximum atomic E-state index is 10.7. The topological polar surface area (TPSA) is 52.9 Å². The molecule has 0 aliphatic rings. The molecule has 0 heterocycles. The van der Waals surface area contributed by atoms with Crippen molar-refractivity contribution < 1.29 is 4.79 Å². The van der Waals surface area contributed by atoms with Crippen LogP contribution in [0.3, 0.4) is 0 Å². The minimum absolute atomic E-state index is 0.0546. The van der Waals surface area contributed by atoms with Gasteiger partial charge in [0, 0.05) is 6.08 Å². The average Bonchev–Trinajstić information content (AvgIpc) is 2.01. The molecular formula is C8H10N2O. The molecule has 0 atom stereocenters. The van der Waals surface area contributed by atoms with Crippen LogP contribution in [-0.2, 0) is 4.79 Å². The van der Waals surface area contributed by atoms with Crippen LogP contribution in [0.4, 0.5) is 0 Å². The summed E-state index contributed by atoms with van der Waals surface area (Å²) in [5.74, 6) is -0.246. The van der Waals surface area contributed by atoms with Gasteiger partial charge in [-0.25, -0.2) is 0 Å². The molecule has 0 aromatic carbocycles. The van der Waals surface area contributed by atoms with Crippen molar-refractivity contribution in [2.75, 3.05) is 6.54 Å². The SMILES string of the molecule is C/C=C/C=C/C(=O)NCC#N. The standard InChI is InChI=1S/C8H10N2O/c1-2-3-4-5-8(11)10-7-6-9/h2-5H,7H2,1H3,(H,10,11)/b3-2+,5-4+. The number of amides is 1. The Hall–Kier alpha value is -1.56. The summed E-state index contributed by atoms with van der Waals surface area (Å²) in [5, 5.41) is 10.5. The largest absolute Gasteiger partial charge is 0.339 e. The first-order valence-electron chi connectivity index (χ1n) is 3.25. The Morgan fingerprint density at radius 3 is 2.91 bits per heavy atom. The number of hydrogen-bond donors (Lipinski definition) is 1. The van der Waals surface area contributed by atoms with Gasteiger partial charge in [0.15, 0.2) is 0 Å². The van der Waals surface area contributed by atoms with E-state index in [1.54, 1.807) is 18.2 Å². The Kier molecular flexibility index (Phi) is 5.63. The van der Waals surface area contributed by atoms with Crippen molar-refractivity contribution in [1.29, 1.82) is 5.26 Å². The van der Waals surface area contributed by atoms with E-state index in [1.807, 2.05) is 13.0 Å². The van der Waals surface area contributed by atoms with Crippen molar-refractivity contribution in [3.63, 3.8) is 0 Å². The molecule has 0 saturated heterocycles. The van der Waals surface area contributed by atoms with E-state index in [0.717, 1.165) is 0 Å². The monoisotopic (exact) mass is 150 g/mol. The second-order valence-corrected chi connectivity index (χ2v) is 1.76. The first-order valence-corrected chi connectivity index (χ1v) is 3.25. The third-order valence-electron chi connectivity index (χ3n) is 0.893. The van der Waals surface area contributed by atoms with E-state index in [0.29, 0.717) is 0 Å². The predicted molar refractivity (Wildman–Crippen MR) is 42.6 cm³/mol. The number of nitrogens with one attached hydrogen (secondary N) is 1. The molecule has 58 valence electrons. The summed E-state index contributed by atoms with van der Waals surface area (Å²) in [4.78, 5) is 10.7. The second-order valence-electron chi connectivity index (χ2n) is 1.76. The van der Waals surface area contributed by atoms with Crippen LogP contribution in [0, 0.1) is 11.3 Å². The molecule has 3 nitrogen and oxygen atoms in total. The van der Waals surface area contributed by atoms with Gasteiger partial charge in [0.05, 0.1) is 6.07 Å². The minimum atomic E-state index is -0.246. The summed E-state index contributed by atoms with van der Waals surface area (Å²) in [6.07, 6.45) is 6.55. The zero-order valence-electron chi connectivity index (χ0n) is 6.37. The lowest BCUT2D eigenvalue weighted by atomic mass is 10.4. The Bertz CT molecular complexity index is 211. The van der Waals surface area contributed by atoms with E-state index >= 15 is 0 Å². The van der Waals surface area contributed by atoms with Gasteiger partial charge in [-0.2, -0.15) is 5.26 Å². The van der Waals surface area contributed by atoms with Crippen LogP contribution in [0.15, 0.2) is 24.3 Å². The number of hydrogen-bond acceptors (Lipinski definition) is 2. The van der Waals surface area contributed by atoms with Gasteiger partial charge < -0.3 is 5.32 Å². The molecule has 0 aliphatic carbocycles. The smallest absolute Gasteiger partial charge is 0.244 e. The second kappa shape index (κ2) is 6.56. The highest BCUT2D eigenvalue weighted by Crippen LogP contribution is 1.76. The van der Waals surface area contributed by atoms with Crippen molar-refractivity contribution in [3.05, 3.63) is 24.3 Å². The van der Waals surface area contributed by atoms with Crippen LogP contribution >= 0.6 is 0 Å². The number of nitriles is 1. The van der Waals surface area contributed by atoms with Gasteiger partial charge in [0.25, 0.3) is 0 Å². The molecule has 0 radical (unpaired) electrons. The average molecular weight is 150 g/mol. The third-order valence-corrected chi connectivity index (χ3v) is 0.893. The summed E-state index contributed by atoms with van der Waals surface area (Å²) in [6.45, 7) is 1.91. The fraction of sp³-hybridized carbons (Fsp3) is 0.250. The lowest BCUT2D eigenvalue weighted by Crippen LogP contribution is -2.20. The van der Waals surface area contributed by atoms with Crippen LogP contribution in [0.5, 0.6) is 0 Å². The summed E-state index contributed by atoms with van der Waals surface area (Å²) in [7, 11) is 0. The molecule has 0 spiro atoms. The molecule has 1 amide bonds. The molecule has 0 aromatic rings. The summed E-state index contributed by atoms with van der Waals surface area (Å²) in [5.41, 5.74) is 0. The third kappa shape index (κ3) is 6.32. The molecule has 0 saturated carbocycles. The molecule has 0 unspecified atom stereocenters. The lowest BCUT2D eigenvalue weighted by Gasteiger charge is -1.90. The van der Waals surface area contributed by atoms with Gasteiger partial charge in [0.1, 0.15) is 6.54 Å². The van der Waals surface area contributed by atoms with Gasteiger partial charge >= 0.3 is 0 Å². The molecule has 0 bridgehead atoms. The molecule has 0 rings (SSSR count). The van der Waals surface area contributed by atoms with Crippen molar-refractivity contribution in [2.45, 2.75) is 6.92 Å². The quantitative estimate of drug-likeness (QED) is 0.367. The van der Waals surface area contributed by atoms with Gasteiger partial charge in [-0.15, -0.1) is 0 Å². The Balaban J connectivity index is 3.62. The number of nitrogens with zero attached hydrogens (tertiary/aromatic N) is 1. The van der Waals surface area contributed by atoms with Crippen LogP contribution in [-0.4, -0.2) is 12.5 Å². The highest BCUT2D eigenvalue weighted by molar-refractivity contribution is 5.87. The van der Waals surface area contributed by atoms with Gasteiger partial charge in [0.2, 0.25) is 5.91 Å². The van der Waals surface area contributed by atoms with E-state index in [2.05, 4.69) is 5.32 Å². The number of carbonyl (C=O) groups is 1. The molecule has 3 heteroatoms. The Labute approximate surface area is 66.0 Å². The van der Waals surface area contributed by atoms with Crippen molar-refractivity contribution >= 4 is 5.91 Å². The first-order chi connectivity index (χ1) is 5.31. The van der Waals surface area contributed by atoms with Crippen LogP contribution in [0.25, 0.3) is 0 Å². The highest BCUT2D eigenvalue weighted by atomic mass is 16.1. The van der Waals surface area contributed by atoms with Gasteiger partial charge in [-0.3, -0.25) is 4.79 Å². The van der Waals surface area contributed by atoms with E-state index < -0.39 is 0 Å². The Morgan fingerprint density at radius 2 is 2.36 bits per heavy atom. The van der Waals surface area contributed by atoms with E-state index in [1.165, 1.54) is 6.08 Å². The van der Waals surface area contributed by atoms with Gasteiger partial charge in [-0.05, 0) is 6.92 Å². The zero-order valence-corrected chi connectivity index (χ0v) is 6.37. The molecule has 1 N–H and O–H groups in total. The fourth-order valence-corrected chi connectivity index (χ4v) is 0.440. The Morgan fingerprint density at radius 1 is 1.64 bits per heavy atom. The molecule has 0 aromatic heterocycles. The van der Waals surface area contributed by atoms with E-state index in [9.17, 15) is 4.79 Å². The zero-order chi connectivity index (χ0) is 8.53. The summed E-state index contributed by atoms with van der Waals surface area (Å²) < 4.78 is 0. The van der Waals surface area contributed by atoms with Crippen molar-refractivity contribution in [3.8, 4) is 6.07 Å². The maximum absolute atomic E-state index is 10.7. The number of allylic oxidation sites excluding steroid dienone is 3. The predicted octanol–water partition coefficient (Wildman–Crippen LogP) is 0.758. The minimum Gasteiger partial charge on any atom is -0.339 e. The van der Waals surface area contributed by atoms with Crippen LogP contribution < -0.4 is 5.32 Å². The summed E-state index contributed by atoms with van der Waals surface area (Å²) in [6, 6.07) is 1.81. The number of rotatable bonds is 3. The van der Waals surface area contributed by atoms with Crippen molar-refractivity contribution in [2.24, 2.45) is 0 Å². The fourth-order valence-electron chi connectivity index (χ4n) is 0.440. The lowest BCUT2D eigenvalue weighted by molar-refractivity contribution is -0.116. The van der Waals surface area contributed by atoms with E-state index in [-0.39, 0.29) is 12.5 Å². The van der Waals surface area contributed by atoms with E-state index in [4.69, 9.17) is 5.26 Å². The van der Waals surface area contributed by atoms with Crippen molar-refractivity contribution in [1.82, 2.24) is 5.32 Å². The summed E-state index contributed by atoms with van der Waals surface area (Å²) >= 11 is 0. The molecule has 11 heavy (non-hydrogen) atoms. The highest BCUT2D eigenvalue weighted by Gasteiger charge is 1.88. The number of carbonyl (C=O) groups excluding carboxylic acids is 1. The first kappa shape index (κ1) is 9.44. The van der Waals surface area contributed by atoms with Crippen LogP contribution in [0.2, 0.25) is 0 Å². The molecule has 0 fully saturated rings. The van der Waals surface area contributed by atoms with Gasteiger partial charge in [-0.1, -0.05) is 18.2 Å². The maximum Gasteiger partial charge on any atom is 0.244 e. The molecule has 0 aliphatic heterocycles. The molecular weight excluding hydrogens is 140 g/mol.